The number of rotatable bonds is 7. The van der Waals surface area contributed by atoms with Crippen molar-refractivity contribution in [2.75, 3.05) is 13.2 Å². The van der Waals surface area contributed by atoms with Gasteiger partial charge in [0.1, 0.15) is 5.75 Å². The van der Waals surface area contributed by atoms with Crippen LogP contribution in [0.5, 0.6) is 5.75 Å². The monoisotopic (exact) mass is 237 g/mol. The molecule has 0 saturated heterocycles. The zero-order chi connectivity index (χ0) is 12.7. The van der Waals surface area contributed by atoms with Crippen LogP contribution in [0.2, 0.25) is 0 Å². The van der Waals surface area contributed by atoms with Crippen molar-refractivity contribution < 1.29 is 9.84 Å². The average molecular weight is 237 g/mol. The van der Waals surface area contributed by atoms with Gasteiger partial charge in [0, 0.05) is 0 Å². The van der Waals surface area contributed by atoms with Crippen LogP contribution < -0.4 is 10.5 Å². The van der Waals surface area contributed by atoms with Gasteiger partial charge in [0.05, 0.1) is 13.2 Å². The number of hydrogen-bond donors (Lipinski definition) is 2. The lowest BCUT2D eigenvalue weighted by Crippen LogP contribution is -2.23. The molecule has 1 rings (SSSR count). The summed E-state index contributed by atoms with van der Waals surface area (Å²) in [7, 11) is 0. The summed E-state index contributed by atoms with van der Waals surface area (Å²) in [6.45, 7) is 5.83. The molecule has 0 aliphatic rings. The van der Waals surface area contributed by atoms with Crippen molar-refractivity contribution in [1.82, 2.24) is 0 Å². The Hall–Kier alpha value is -1.06. The first-order valence-electron chi connectivity index (χ1n) is 6.10. The molecule has 0 saturated carbocycles. The first kappa shape index (κ1) is 14.0. The molecule has 0 amide bonds. The Balaban J connectivity index is 2.26. The molecule has 1 aromatic rings. The Morgan fingerprint density at radius 1 is 1.24 bits per heavy atom. The van der Waals surface area contributed by atoms with Crippen molar-refractivity contribution in [2.24, 2.45) is 11.1 Å². The van der Waals surface area contributed by atoms with Crippen molar-refractivity contribution in [2.45, 2.75) is 33.3 Å². The molecule has 0 heterocycles. The Labute approximate surface area is 104 Å². The Morgan fingerprint density at radius 3 is 2.41 bits per heavy atom. The summed E-state index contributed by atoms with van der Waals surface area (Å²) < 4.78 is 5.62. The van der Waals surface area contributed by atoms with Gasteiger partial charge in [-0.25, -0.2) is 0 Å². The largest absolute Gasteiger partial charge is 0.494 e. The maximum absolute atomic E-state index is 8.91. The van der Waals surface area contributed by atoms with Crippen molar-refractivity contribution >= 4 is 0 Å². The molecule has 0 aliphatic carbocycles. The topological polar surface area (TPSA) is 55.5 Å². The summed E-state index contributed by atoms with van der Waals surface area (Å²) in [6.07, 6.45) is 2.07. The average Bonchev–Trinajstić information content (AvgIpc) is 2.35. The molecule has 3 nitrogen and oxygen atoms in total. The normalized spacial score (nSPS) is 11.5. The molecule has 3 heteroatoms. The van der Waals surface area contributed by atoms with Gasteiger partial charge < -0.3 is 15.6 Å². The van der Waals surface area contributed by atoms with E-state index in [4.69, 9.17) is 15.6 Å². The Bertz CT molecular complexity index is 319. The van der Waals surface area contributed by atoms with Crippen LogP contribution in [0, 0.1) is 5.41 Å². The van der Waals surface area contributed by atoms with Gasteiger partial charge in [-0.05, 0) is 42.5 Å². The molecule has 0 atom stereocenters. The first-order valence-corrected chi connectivity index (χ1v) is 6.10. The Kier molecular flexibility index (Phi) is 5.45. The Morgan fingerprint density at radius 2 is 1.88 bits per heavy atom. The summed E-state index contributed by atoms with van der Waals surface area (Å²) in [4.78, 5) is 0. The highest BCUT2D eigenvalue weighted by Gasteiger charge is 2.14. The van der Waals surface area contributed by atoms with E-state index in [1.54, 1.807) is 0 Å². The van der Waals surface area contributed by atoms with Gasteiger partial charge in [-0.2, -0.15) is 0 Å². The molecule has 0 bridgehead atoms. The minimum Gasteiger partial charge on any atom is -0.494 e. The lowest BCUT2D eigenvalue weighted by Gasteiger charge is -2.21. The minimum atomic E-state index is 0.0744. The molecule has 0 unspecified atom stereocenters. The van der Waals surface area contributed by atoms with Crippen LogP contribution in [-0.2, 0) is 6.61 Å². The van der Waals surface area contributed by atoms with Gasteiger partial charge in [-0.15, -0.1) is 0 Å². The van der Waals surface area contributed by atoms with Crippen LogP contribution in [-0.4, -0.2) is 18.3 Å². The van der Waals surface area contributed by atoms with Crippen LogP contribution in [0.15, 0.2) is 24.3 Å². The van der Waals surface area contributed by atoms with E-state index in [0.717, 1.165) is 24.2 Å². The molecule has 0 spiro atoms. The fraction of sp³-hybridized carbons (Fsp3) is 0.571. The van der Waals surface area contributed by atoms with Gasteiger partial charge in [-0.1, -0.05) is 26.0 Å². The minimum absolute atomic E-state index is 0.0744. The summed E-state index contributed by atoms with van der Waals surface area (Å²) in [6, 6.07) is 7.53. The van der Waals surface area contributed by atoms with Crippen molar-refractivity contribution in [3.63, 3.8) is 0 Å². The quantitative estimate of drug-likeness (QED) is 0.716. The van der Waals surface area contributed by atoms with E-state index in [-0.39, 0.29) is 12.0 Å². The summed E-state index contributed by atoms with van der Waals surface area (Å²) in [5.41, 5.74) is 6.77. The number of benzene rings is 1. The van der Waals surface area contributed by atoms with E-state index in [1.807, 2.05) is 24.3 Å². The third kappa shape index (κ3) is 5.20. The third-order valence-corrected chi connectivity index (χ3v) is 2.93. The third-order valence-electron chi connectivity index (χ3n) is 2.93. The fourth-order valence-corrected chi connectivity index (χ4v) is 1.53. The predicted octanol–water partition coefficient (Wildman–Crippen LogP) is 2.32. The maximum atomic E-state index is 8.91. The van der Waals surface area contributed by atoms with Crippen LogP contribution in [0.25, 0.3) is 0 Å². The maximum Gasteiger partial charge on any atom is 0.119 e. The number of aliphatic hydroxyl groups excluding tert-OH is 1. The number of nitrogens with two attached hydrogens (primary N) is 1. The summed E-state index contributed by atoms with van der Waals surface area (Å²) in [5.74, 6) is 0.854. The lowest BCUT2D eigenvalue weighted by molar-refractivity contribution is 0.260. The first-order chi connectivity index (χ1) is 8.07. The van der Waals surface area contributed by atoms with Crippen LogP contribution in [0.3, 0.4) is 0 Å². The second-order valence-electron chi connectivity index (χ2n) is 5.12. The molecule has 0 aliphatic heterocycles. The van der Waals surface area contributed by atoms with Crippen molar-refractivity contribution in [3.05, 3.63) is 29.8 Å². The predicted molar refractivity (Wildman–Crippen MR) is 69.9 cm³/mol. The second-order valence-corrected chi connectivity index (χ2v) is 5.12. The van der Waals surface area contributed by atoms with E-state index in [1.165, 1.54) is 0 Å². The lowest BCUT2D eigenvalue weighted by atomic mass is 9.88. The number of hydrogen-bond acceptors (Lipinski definition) is 3. The molecule has 3 N–H and O–H groups in total. The molecule has 0 radical (unpaired) electrons. The molecular formula is C14H23NO2. The van der Waals surface area contributed by atoms with Gasteiger partial charge in [0.15, 0.2) is 0 Å². The summed E-state index contributed by atoms with van der Waals surface area (Å²) >= 11 is 0. The number of aliphatic hydroxyl groups is 1. The fourth-order valence-electron chi connectivity index (χ4n) is 1.53. The summed E-state index contributed by atoms with van der Waals surface area (Å²) in [5, 5.41) is 8.91. The van der Waals surface area contributed by atoms with Gasteiger partial charge in [0.25, 0.3) is 0 Å². The van der Waals surface area contributed by atoms with Gasteiger partial charge >= 0.3 is 0 Å². The van der Waals surface area contributed by atoms with E-state index < -0.39 is 0 Å². The number of ether oxygens (including phenoxy) is 1. The van der Waals surface area contributed by atoms with Gasteiger partial charge in [0.2, 0.25) is 0 Å². The highest BCUT2D eigenvalue weighted by molar-refractivity contribution is 5.26. The zero-order valence-corrected chi connectivity index (χ0v) is 10.8. The van der Waals surface area contributed by atoms with E-state index in [9.17, 15) is 0 Å². The molecule has 0 fully saturated rings. The molecular weight excluding hydrogens is 214 g/mol. The molecule has 1 aromatic carbocycles. The van der Waals surface area contributed by atoms with E-state index in [2.05, 4.69) is 13.8 Å². The van der Waals surface area contributed by atoms with Crippen LogP contribution in [0.1, 0.15) is 32.3 Å². The molecule has 96 valence electrons. The SMILES string of the molecule is CC(C)(CN)CCCOc1ccc(CO)cc1. The highest BCUT2D eigenvalue weighted by Crippen LogP contribution is 2.20. The van der Waals surface area contributed by atoms with Crippen LogP contribution >= 0.6 is 0 Å². The van der Waals surface area contributed by atoms with E-state index >= 15 is 0 Å². The standard InChI is InChI=1S/C14H23NO2/c1-14(2,11-15)8-3-9-17-13-6-4-12(10-16)5-7-13/h4-7,16H,3,8-11,15H2,1-2H3. The van der Waals surface area contributed by atoms with E-state index in [0.29, 0.717) is 13.2 Å². The highest BCUT2D eigenvalue weighted by atomic mass is 16.5. The zero-order valence-electron chi connectivity index (χ0n) is 10.8. The molecule has 0 aromatic heterocycles. The van der Waals surface area contributed by atoms with Crippen molar-refractivity contribution in [3.8, 4) is 5.75 Å². The molecule has 17 heavy (non-hydrogen) atoms. The second kappa shape index (κ2) is 6.62. The van der Waals surface area contributed by atoms with Gasteiger partial charge in [-0.3, -0.25) is 0 Å². The van der Waals surface area contributed by atoms with Crippen molar-refractivity contribution in [1.29, 1.82) is 0 Å². The van der Waals surface area contributed by atoms with Crippen LogP contribution in [0.4, 0.5) is 0 Å². The smallest absolute Gasteiger partial charge is 0.119 e.